The number of hydrogen-bond acceptors (Lipinski definition) is 4. The summed E-state index contributed by atoms with van der Waals surface area (Å²) in [5.41, 5.74) is 1.82. The fourth-order valence-electron chi connectivity index (χ4n) is 2.32. The van der Waals surface area contributed by atoms with Crippen LogP contribution >= 0.6 is 22.9 Å². The lowest BCUT2D eigenvalue weighted by molar-refractivity contribution is 1.22. The molecule has 102 valence electrons. The van der Waals surface area contributed by atoms with E-state index in [0.717, 1.165) is 22.4 Å². The number of aromatic nitrogens is 2. The predicted octanol–water partition coefficient (Wildman–Crippen LogP) is 5.24. The summed E-state index contributed by atoms with van der Waals surface area (Å²) in [7, 11) is 0. The average Bonchev–Trinajstić information content (AvgIpc) is 2.94. The Bertz CT molecular complexity index is 948. The molecular weight excluding hydrogens is 302 g/mol. The van der Waals surface area contributed by atoms with Crippen LogP contribution in [0.1, 0.15) is 0 Å². The number of para-hydroxylation sites is 1. The van der Waals surface area contributed by atoms with Crippen molar-refractivity contribution in [1.82, 2.24) is 9.97 Å². The van der Waals surface area contributed by atoms with Gasteiger partial charge in [0.15, 0.2) is 0 Å². The third-order valence-electron chi connectivity index (χ3n) is 3.29. The molecule has 0 aliphatic rings. The first-order valence-corrected chi connectivity index (χ1v) is 7.72. The van der Waals surface area contributed by atoms with Crippen molar-refractivity contribution >= 4 is 55.4 Å². The minimum atomic E-state index is 0.243. The number of nitrogens with one attached hydrogen (secondary N) is 1. The highest BCUT2D eigenvalue weighted by atomic mass is 35.5. The van der Waals surface area contributed by atoms with Gasteiger partial charge in [-0.2, -0.15) is 4.98 Å². The molecule has 0 saturated heterocycles. The molecule has 0 aliphatic carbocycles. The lowest BCUT2D eigenvalue weighted by atomic mass is 10.2. The smallest absolute Gasteiger partial charge is 0.224 e. The zero-order valence-corrected chi connectivity index (χ0v) is 12.4. The summed E-state index contributed by atoms with van der Waals surface area (Å²) in [6.45, 7) is 0. The van der Waals surface area contributed by atoms with Crippen LogP contribution in [0.5, 0.6) is 0 Å². The summed E-state index contributed by atoms with van der Waals surface area (Å²) in [5.74, 6) is 0.722. The van der Waals surface area contributed by atoms with Gasteiger partial charge in [0.1, 0.15) is 5.82 Å². The van der Waals surface area contributed by atoms with E-state index in [1.807, 2.05) is 30.3 Å². The van der Waals surface area contributed by atoms with Crippen molar-refractivity contribution in [1.29, 1.82) is 0 Å². The fourth-order valence-corrected chi connectivity index (χ4v) is 3.27. The van der Waals surface area contributed by atoms with E-state index < -0.39 is 0 Å². The van der Waals surface area contributed by atoms with Crippen LogP contribution in [0.3, 0.4) is 0 Å². The van der Waals surface area contributed by atoms with E-state index in [1.165, 1.54) is 10.1 Å². The van der Waals surface area contributed by atoms with Crippen molar-refractivity contribution in [3.63, 3.8) is 0 Å². The van der Waals surface area contributed by atoms with Gasteiger partial charge in [-0.3, -0.25) is 0 Å². The molecule has 1 N–H and O–H groups in total. The van der Waals surface area contributed by atoms with Crippen molar-refractivity contribution < 1.29 is 0 Å². The first-order chi connectivity index (χ1) is 10.3. The highest BCUT2D eigenvalue weighted by Gasteiger charge is 2.07. The number of nitrogens with zero attached hydrogens (tertiary/aromatic N) is 2. The second-order valence-corrected chi connectivity index (χ2v) is 5.94. The first-order valence-electron chi connectivity index (χ1n) is 6.46. The highest BCUT2D eigenvalue weighted by Crippen LogP contribution is 2.28. The molecule has 0 aliphatic heterocycles. The number of anilines is 2. The van der Waals surface area contributed by atoms with Crippen molar-refractivity contribution in [3.05, 3.63) is 59.2 Å². The van der Waals surface area contributed by atoms with Gasteiger partial charge in [-0.05, 0) is 58.8 Å². The van der Waals surface area contributed by atoms with Crippen LogP contribution in [0.2, 0.25) is 5.28 Å². The monoisotopic (exact) mass is 311 g/mol. The molecule has 4 aromatic rings. The molecule has 0 unspecified atom stereocenters. The molecule has 0 fully saturated rings. The number of benzene rings is 2. The van der Waals surface area contributed by atoms with E-state index in [9.17, 15) is 0 Å². The maximum atomic E-state index is 6.01. The molecule has 0 saturated carbocycles. The maximum Gasteiger partial charge on any atom is 0.224 e. The number of rotatable bonds is 2. The second-order valence-electron chi connectivity index (χ2n) is 4.66. The zero-order chi connectivity index (χ0) is 14.2. The van der Waals surface area contributed by atoms with Gasteiger partial charge in [-0.1, -0.05) is 12.1 Å². The maximum absolute atomic E-state index is 6.01. The van der Waals surface area contributed by atoms with Gasteiger partial charge < -0.3 is 5.32 Å². The molecule has 2 aromatic heterocycles. The van der Waals surface area contributed by atoms with E-state index in [1.54, 1.807) is 11.3 Å². The Morgan fingerprint density at radius 1 is 1.00 bits per heavy atom. The molecule has 0 amide bonds. The van der Waals surface area contributed by atoms with Gasteiger partial charge in [0.25, 0.3) is 0 Å². The third kappa shape index (κ3) is 2.33. The topological polar surface area (TPSA) is 37.8 Å². The summed E-state index contributed by atoms with van der Waals surface area (Å²) in [5, 5.41) is 7.84. The van der Waals surface area contributed by atoms with E-state index in [0.29, 0.717) is 0 Å². The lowest BCUT2D eigenvalue weighted by Crippen LogP contribution is -1.97. The van der Waals surface area contributed by atoms with Crippen LogP contribution in [-0.4, -0.2) is 9.97 Å². The molecule has 0 spiro atoms. The Morgan fingerprint density at radius 3 is 2.86 bits per heavy atom. The standard InChI is InChI=1S/C16H10ClN3S/c17-16-19-13-4-2-1-3-12(13)15(20-16)18-11-5-6-14-10(9-11)7-8-21-14/h1-9H,(H,18,19,20). The van der Waals surface area contributed by atoms with Gasteiger partial charge in [0, 0.05) is 15.8 Å². The molecule has 0 radical (unpaired) electrons. The van der Waals surface area contributed by atoms with Crippen LogP contribution in [-0.2, 0) is 0 Å². The van der Waals surface area contributed by atoms with Gasteiger partial charge >= 0.3 is 0 Å². The number of halogens is 1. The lowest BCUT2D eigenvalue weighted by Gasteiger charge is -2.09. The normalized spacial score (nSPS) is 11.1. The van der Waals surface area contributed by atoms with Crippen LogP contribution in [0.4, 0.5) is 11.5 Å². The van der Waals surface area contributed by atoms with E-state index in [4.69, 9.17) is 11.6 Å². The number of fused-ring (bicyclic) bond motifs is 2. The zero-order valence-electron chi connectivity index (χ0n) is 10.9. The van der Waals surface area contributed by atoms with Gasteiger partial charge in [-0.25, -0.2) is 4.98 Å². The second kappa shape index (κ2) is 4.98. The quantitative estimate of drug-likeness (QED) is 0.514. The van der Waals surface area contributed by atoms with E-state index in [-0.39, 0.29) is 5.28 Å². The van der Waals surface area contributed by atoms with E-state index in [2.05, 4.69) is 38.9 Å². The SMILES string of the molecule is Clc1nc(Nc2ccc3sccc3c2)c2ccccc2n1. The molecule has 0 bridgehead atoms. The van der Waals surface area contributed by atoms with Crippen LogP contribution in [0.25, 0.3) is 21.0 Å². The Morgan fingerprint density at radius 2 is 1.90 bits per heavy atom. The summed E-state index contributed by atoms with van der Waals surface area (Å²) in [6, 6.07) is 16.2. The van der Waals surface area contributed by atoms with E-state index >= 15 is 0 Å². The third-order valence-corrected chi connectivity index (χ3v) is 4.36. The minimum absolute atomic E-state index is 0.243. The van der Waals surface area contributed by atoms with Gasteiger partial charge in [-0.15, -0.1) is 11.3 Å². The molecular formula is C16H10ClN3S. The van der Waals surface area contributed by atoms with Gasteiger partial charge in [0.2, 0.25) is 5.28 Å². The van der Waals surface area contributed by atoms with Crippen molar-refractivity contribution in [2.24, 2.45) is 0 Å². The van der Waals surface area contributed by atoms with Crippen LogP contribution < -0.4 is 5.32 Å². The van der Waals surface area contributed by atoms with Gasteiger partial charge in [0.05, 0.1) is 5.52 Å². The summed E-state index contributed by atoms with van der Waals surface area (Å²) < 4.78 is 1.27. The molecule has 2 heterocycles. The first kappa shape index (κ1) is 12.6. The van der Waals surface area contributed by atoms with Crippen molar-refractivity contribution in [2.45, 2.75) is 0 Å². The highest BCUT2D eigenvalue weighted by molar-refractivity contribution is 7.17. The van der Waals surface area contributed by atoms with Crippen molar-refractivity contribution in [2.75, 3.05) is 5.32 Å². The Hall–Kier alpha value is -2.17. The summed E-state index contributed by atoms with van der Waals surface area (Å²) in [6.07, 6.45) is 0. The average molecular weight is 312 g/mol. The molecule has 0 atom stereocenters. The molecule has 3 nitrogen and oxygen atoms in total. The minimum Gasteiger partial charge on any atom is -0.340 e. The molecule has 21 heavy (non-hydrogen) atoms. The predicted molar refractivity (Wildman–Crippen MR) is 89.7 cm³/mol. The number of hydrogen-bond donors (Lipinski definition) is 1. The van der Waals surface area contributed by atoms with Crippen molar-refractivity contribution in [3.8, 4) is 0 Å². The molecule has 5 heteroatoms. The number of thiophene rings is 1. The fraction of sp³-hybridized carbons (Fsp3) is 0. The summed E-state index contributed by atoms with van der Waals surface area (Å²) in [4.78, 5) is 8.55. The van der Waals surface area contributed by atoms with Crippen LogP contribution in [0.15, 0.2) is 53.9 Å². The Kier molecular flexibility index (Phi) is 2.98. The summed E-state index contributed by atoms with van der Waals surface area (Å²) >= 11 is 7.74. The largest absolute Gasteiger partial charge is 0.340 e. The Labute approximate surface area is 130 Å². The molecule has 2 aromatic carbocycles. The van der Waals surface area contributed by atoms with Crippen LogP contribution in [0, 0.1) is 0 Å². The Balaban J connectivity index is 1.82. The molecule has 4 rings (SSSR count).